The molecule has 1 aliphatic heterocycles. The van der Waals surface area contributed by atoms with E-state index in [1.165, 1.54) is 58.6 Å². The van der Waals surface area contributed by atoms with Gasteiger partial charge in [0.1, 0.15) is 11.6 Å². The Bertz CT molecular complexity index is 1480. The molecule has 0 bridgehead atoms. The maximum atomic E-state index is 14.3. The molecule has 12 heteroatoms. The standard InChI is InChI=1S/C26H30FN3O6S2/c1-3-14-29(38(33,34)24-12-10-22(35-2)11-13-24)17-21-16-28-26(30(21)18-23-8-6-15-36-23)37(31,32)19-20-7-4-5-9-25(20)27/h3-5,7,9-13,16,23H,1,6,8,14-15,17-19H2,2H3/t23-/m0/s1. The summed E-state index contributed by atoms with van der Waals surface area (Å²) in [6.07, 6.45) is 4.11. The van der Waals surface area contributed by atoms with Gasteiger partial charge in [0.25, 0.3) is 0 Å². The molecule has 0 spiro atoms. The van der Waals surface area contributed by atoms with Gasteiger partial charge in [0.05, 0.1) is 48.8 Å². The summed E-state index contributed by atoms with van der Waals surface area (Å²) in [5.74, 6) is -0.697. The second-order valence-corrected chi connectivity index (χ2v) is 12.7. The van der Waals surface area contributed by atoms with Crippen molar-refractivity contribution >= 4 is 19.9 Å². The number of imidazole rings is 1. The molecule has 2 heterocycles. The van der Waals surface area contributed by atoms with Crippen LogP contribution in [0, 0.1) is 5.82 Å². The lowest BCUT2D eigenvalue weighted by atomic mass is 10.2. The van der Waals surface area contributed by atoms with Gasteiger partial charge in [0, 0.05) is 18.7 Å². The average molecular weight is 564 g/mol. The van der Waals surface area contributed by atoms with Crippen LogP contribution >= 0.6 is 0 Å². The number of aromatic nitrogens is 2. The lowest BCUT2D eigenvalue weighted by molar-refractivity contribution is 0.0938. The Balaban J connectivity index is 1.71. The second-order valence-electron chi connectivity index (χ2n) is 8.89. The van der Waals surface area contributed by atoms with E-state index in [1.54, 1.807) is 18.2 Å². The van der Waals surface area contributed by atoms with Crippen LogP contribution in [-0.2, 0) is 43.4 Å². The van der Waals surface area contributed by atoms with E-state index >= 15 is 0 Å². The number of rotatable bonds is 12. The van der Waals surface area contributed by atoms with Crippen LogP contribution in [-0.4, -0.2) is 57.1 Å². The molecule has 204 valence electrons. The van der Waals surface area contributed by atoms with Crippen molar-refractivity contribution in [3.05, 3.63) is 84.5 Å². The molecule has 1 saturated heterocycles. The molecule has 0 aliphatic carbocycles. The molecule has 2 aromatic carbocycles. The zero-order valence-electron chi connectivity index (χ0n) is 21.0. The fraction of sp³-hybridized carbons (Fsp3) is 0.346. The highest BCUT2D eigenvalue weighted by Crippen LogP contribution is 2.26. The summed E-state index contributed by atoms with van der Waals surface area (Å²) < 4.78 is 81.6. The van der Waals surface area contributed by atoms with Crippen LogP contribution < -0.4 is 4.74 Å². The van der Waals surface area contributed by atoms with E-state index in [9.17, 15) is 21.2 Å². The predicted molar refractivity (Wildman–Crippen MR) is 139 cm³/mol. The van der Waals surface area contributed by atoms with E-state index < -0.39 is 31.4 Å². The molecule has 9 nitrogen and oxygen atoms in total. The van der Waals surface area contributed by atoms with Gasteiger partial charge in [-0.05, 0) is 43.2 Å². The van der Waals surface area contributed by atoms with Gasteiger partial charge in [-0.25, -0.2) is 26.2 Å². The van der Waals surface area contributed by atoms with E-state index in [0.29, 0.717) is 18.1 Å². The van der Waals surface area contributed by atoms with Crippen LogP contribution in [0.1, 0.15) is 24.1 Å². The van der Waals surface area contributed by atoms with Gasteiger partial charge in [-0.15, -0.1) is 6.58 Å². The third-order valence-corrected chi connectivity index (χ3v) is 9.66. The minimum absolute atomic E-state index is 0.0171. The normalized spacial score (nSPS) is 16.1. The van der Waals surface area contributed by atoms with E-state index in [-0.39, 0.29) is 41.4 Å². The summed E-state index contributed by atoms with van der Waals surface area (Å²) in [5.41, 5.74) is 0.391. The molecule has 1 atom stereocenters. The van der Waals surface area contributed by atoms with Crippen molar-refractivity contribution in [2.75, 3.05) is 20.3 Å². The molecule has 0 N–H and O–H groups in total. The van der Waals surface area contributed by atoms with Gasteiger partial charge in [-0.1, -0.05) is 24.3 Å². The number of benzene rings is 2. The summed E-state index contributed by atoms with van der Waals surface area (Å²) in [5, 5.41) is -0.258. The lowest BCUT2D eigenvalue weighted by Gasteiger charge is -2.23. The smallest absolute Gasteiger partial charge is 0.243 e. The van der Waals surface area contributed by atoms with Gasteiger partial charge in [0.15, 0.2) is 0 Å². The number of nitrogens with zero attached hydrogens (tertiary/aromatic N) is 3. The topological polar surface area (TPSA) is 108 Å². The molecule has 1 aliphatic rings. The molecule has 1 aromatic heterocycles. The monoisotopic (exact) mass is 563 g/mol. The number of sulfone groups is 1. The number of hydrogen-bond acceptors (Lipinski definition) is 7. The molecular formula is C26H30FN3O6S2. The fourth-order valence-electron chi connectivity index (χ4n) is 4.31. The summed E-state index contributed by atoms with van der Waals surface area (Å²) in [6.45, 7) is 4.24. The highest BCUT2D eigenvalue weighted by molar-refractivity contribution is 7.90. The minimum Gasteiger partial charge on any atom is -0.497 e. The number of methoxy groups -OCH3 is 1. The summed E-state index contributed by atoms with van der Waals surface area (Å²) >= 11 is 0. The van der Waals surface area contributed by atoms with E-state index in [2.05, 4.69) is 11.6 Å². The Kier molecular flexibility index (Phi) is 8.66. The number of sulfonamides is 1. The first kappa shape index (κ1) is 28.0. The number of hydrogen-bond donors (Lipinski definition) is 0. The molecule has 0 amide bonds. The van der Waals surface area contributed by atoms with Gasteiger partial charge >= 0.3 is 0 Å². The van der Waals surface area contributed by atoms with Gasteiger partial charge < -0.3 is 14.0 Å². The SMILES string of the molecule is C=CCN(Cc1cnc(S(=O)(=O)Cc2ccccc2F)n1C[C@@H]1CCCO1)S(=O)(=O)c1ccc(OC)cc1. The fourth-order valence-corrected chi connectivity index (χ4v) is 7.20. The Hall–Kier alpha value is -3.06. The third-order valence-electron chi connectivity index (χ3n) is 6.26. The minimum atomic E-state index is -4.08. The van der Waals surface area contributed by atoms with Gasteiger partial charge in [0.2, 0.25) is 25.0 Å². The molecule has 1 fully saturated rings. The molecule has 0 saturated carbocycles. The quantitative estimate of drug-likeness (QED) is 0.310. The molecule has 3 aromatic rings. The van der Waals surface area contributed by atoms with Crippen molar-refractivity contribution in [1.82, 2.24) is 13.9 Å². The van der Waals surface area contributed by atoms with E-state index in [1.807, 2.05) is 0 Å². The number of halogens is 1. The summed E-state index contributed by atoms with van der Waals surface area (Å²) in [7, 11) is -6.57. The van der Waals surface area contributed by atoms with E-state index in [4.69, 9.17) is 9.47 Å². The van der Waals surface area contributed by atoms with Crippen molar-refractivity contribution in [2.24, 2.45) is 0 Å². The predicted octanol–water partition coefficient (Wildman–Crippen LogP) is 3.56. The van der Waals surface area contributed by atoms with Crippen LogP contribution in [0.25, 0.3) is 0 Å². The molecular weight excluding hydrogens is 533 g/mol. The maximum Gasteiger partial charge on any atom is 0.243 e. The Morgan fingerprint density at radius 3 is 2.55 bits per heavy atom. The largest absolute Gasteiger partial charge is 0.497 e. The molecule has 0 radical (unpaired) electrons. The Morgan fingerprint density at radius 2 is 1.92 bits per heavy atom. The van der Waals surface area contributed by atoms with Gasteiger partial charge in [-0.2, -0.15) is 4.31 Å². The second kappa shape index (κ2) is 11.8. The van der Waals surface area contributed by atoms with Gasteiger partial charge in [-0.3, -0.25) is 0 Å². The zero-order chi connectivity index (χ0) is 27.3. The highest BCUT2D eigenvalue weighted by Gasteiger charge is 2.30. The van der Waals surface area contributed by atoms with Crippen LogP contribution in [0.4, 0.5) is 4.39 Å². The first-order valence-corrected chi connectivity index (χ1v) is 15.1. The zero-order valence-corrected chi connectivity index (χ0v) is 22.6. The summed E-state index contributed by atoms with van der Waals surface area (Å²) in [4.78, 5) is 4.23. The first-order chi connectivity index (χ1) is 18.2. The maximum absolute atomic E-state index is 14.3. The van der Waals surface area contributed by atoms with Crippen molar-refractivity contribution in [2.45, 2.75) is 47.8 Å². The van der Waals surface area contributed by atoms with Crippen LogP contribution in [0.3, 0.4) is 0 Å². The Morgan fingerprint density at radius 1 is 1.18 bits per heavy atom. The highest BCUT2D eigenvalue weighted by atomic mass is 32.2. The first-order valence-electron chi connectivity index (χ1n) is 12.0. The van der Waals surface area contributed by atoms with Crippen LogP contribution in [0.2, 0.25) is 0 Å². The van der Waals surface area contributed by atoms with Crippen molar-refractivity contribution in [3.8, 4) is 5.75 Å². The lowest BCUT2D eigenvalue weighted by Crippen LogP contribution is -2.32. The van der Waals surface area contributed by atoms with E-state index in [0.717, 1.165) is 12.8 Å². The van der Waals surface area contributed by atoms with Crippen molar-refractivity contribution in [1.29, 1.82) is 0 Å². The Labute approximate surface area is 222 Å². The third kappa shape index (κ3) is 6.15. The molecule has 38 heavy (non-hydrogen) atoms. The number of ether oxygens (including phenoxy) is 2. The molecule has 0 unspecified atom stereocenters. The average Bonchev–Trinajstić information content (AvgIpc) is 3.56. The van der Waals surface area contributed by atoms with Crippen LogP contribution in [0.5, 0.6) is 5.75 Å². The van der Waals surface area contributed by atoms with Crippen LogP contribution in [0.15, 0.2) is 77.4 Å². The molecule has 4 rings (SSSR count). The van der Waals surface area contributed by atoms with Crippen molar-refractivity contribution < 1.29 is 30.7 Å². The summed E-state index contributed by atoms with van der Waals surface area (Å²) in [6, 6.07) is 11.6. The van der Waals surface area contributed by atoms with Crippen molar-refractivity contribution in [3.63, 3.8) is 0 Å².